The van der Waals surface area contributed by atoms with Crippen LogP contribution in [0, 0.1) is 0 Å². The molecule has 0 unspecified atom stereocenters. The Hall–Kier alpha value is -2.91. The molecule has 36 heavy (non-hydrogen) atoms. The number of rotatable bonds is 10. The molecule has 2 aromatic carbocycles. The van der Waals surface area contributed by atoms with Gasteiger partial charge < -0.3 is 14.2 Å². The van der Waals surface area contributed by atoms with Crippen LogP contribution in [0.1, 0.15) is 58.3 Å². The summed E-state index contributed by atoms with van der Waals surface area (Å²) in [5, 5.41) is 5.16. The predicted octanol–water partition coefficient (Wildman–Crippen LogP) is 5.94. The summed E-state index contributed by atoms with van der Waals surface area (Å²) >= 11 is 9.88. The lowest BCUT2D eigenvalue weighted by Crippen LogP contribution is -2.23. The molecule has 1 aromatic heterocycles. The minimum absolute atomic E-state index is 0.00633. The number of carbonyl (C=O) groups excluding carboxylic acids is 1. The molecular weight excluding hydrogens is 550 g/mol. The Kier molecular flexibility index (Phi) is 9.50. The van der Waals surface area contributed by atoms with Gasteiger partial charge in [0.15, 0.2) is 18.1 Å². The van der Waals surface area contributed by atoms with E-state index in [2.05, 4.69) is 21.0 Å². The number of esters is 1. The van der Waals surface area contributed by atoms with E-state index in [1.165, 1.54) is 10.9 Å². The van der Waals surface area contributed by atoms with E-state index in [4.69, 9.17) is 30.8 Å². The van der Waals surface area contributed by atoms with Gasteiger partial charge in [0, 0.05) is 10.4 Å². The maximum absolute atomic E-state index is 13.3. The molecule has 8 nitrogen and oxygen atoms in total. The maximum atomic E-state index is 13.3. The fourth-order valence-electron chi connectivity index (χ4n) is 3.40. The average molecular weight is 579 g/mol. The first-order chi connectivity index (χ1) is 17.1. The smallest absolute Gasteiger partial charge is 0.344 e. The van der Waals surface area contributed by atoms with E-state index >= 15 is 0 Å². The molecule has 0 fully saturated rings. The van der Waals surface area contributed by atoms with Gasteiger partial charge in [-0.15, -0.1) is 0 Å². The van der Waals surface area contributed by atoms with Crippen molar-refractivity contribution in [3.8, 4) is 11.5 Å². The molecule has 0 radical (unpaired) electrons. The van der Waals surface area contributed by atoms with Crippen LogP contribution >= 0.6 is 27.5 Å². The van der Waals surface area contributed by atoms with Crippen molar-refractivity contribution in [1.29, 1.82) is 0 Å². The largest absolute Gasteiger partial charge is 0.490 e. The Morgan fingerprint density at radius 1 is 1.19 bits per heavy atom. The molecule has 0 aliphatic carbocycles. The number of benzene rings is 2. The molecule has 3 aromatic rings. The van der Waals surface area contributed by atoms with Crippen LogP contribution in [0.15, 0.2) is 44.7 Å². The third kappa shape index (κ3) is 6.64. The summed E-state index contributed by atoms with van der Waals surface area (Å²) in [6.07, 6.45) is 2.05. The maximum Gasteiger partial charge on any atom is 0.344 e. The van der Waals surface area contributed by atoms with Crippen LogP contribution in [0.5, 0.6) is 11.5 Å². The van der Waals surface area contributed by atoms with Gasteiger partial charge in [-0.05, 0) is 63.1 Å². The van der Waals surface area contributed by atoms with Crippen LogP contribution in [0.2, 0.25) is 5.02 Å². The van der Waals surface area contributed by atoms with E-state index < -0.39 is 5.97 Å². The lowest BCUT2D eigenvalue weighted by molar-refractivity contribution is -0.149. The van der Waals surface area contributed by atoms with E-state index in [1.807, 2.05) is 32.9 Å². The zero-order chi connectivity index (χ0) is 26.4. The van der Waals surface area contributed by atoms with E-state index in [9.17, 15) is 9.59 Å². The number of ether oxygens (including phenoxy) is 3. The van der Waals surface area contributed by atoms with Crippen molar-refractivity contribution in [2.24, 2.45) is 5.10 Å². The number of halogens is 2. The quantitative estimate of drug-likeness (QED) is 0.218. The van der Waals surface area contributed by atoms with Gasteiger partial charge in [0.2, 0.25) is 0 Å². The molecule has 0 saturated carbocycles. The van der Waals surface area contributed by atoms with Crippen molar-refractivity contribution in [2.75, 3.05) is 13.2 Å². The highest BCUT2D eigenvalue weighted by Crippen LogP contribution is 2.36. The predicted molar refractivity (Wildman–Crippen MR) is 145 cm³/mol. The molecule has 0 aliphatic rings. The number of fused-ring (bicyclic) bond motifs is 1. The zero-order valence-corrected chi connectivity index (χ0v) is 23.2. The SMILES string of the molecule is CCOc1cc(C=Nn2c([C@H](C)CC)nc3ccc(Br)cc3c2=O)cc(Cl)c1OCC(=O)OC(C)C. The molecular formula is C26H29BrClN3O5. The van der Waals surface area contributed by atoms with Crippen molar-refractivity contribution in [2.45, 2.75) is 53.1 Å². The van der Waals surface area contributed by atoms with Gasteiger partial charge in [0.1, 0.15) is 5.82 Å². The summed E-state index contributed by atoms with van der Waals surface area (Å²) in [4.78, 5) is 29.9. The Labute approximate surface area is 223 Å². The molecule has 0 spiro atoms. The Morgan fingerprint density at radius 3 is 2.61 bits per heavy atom. The normalized spacial score (nSPS) is 12.3. The van der Waals surface area contributed by atoms with Crippen molar-refractivity contribution in [3.63, 3.8) is 0 Å². The van der Waals surface area contributed by atoms with Crippen LogP contribution in [0.25, 0.3) is 10.9 Å². The van der Waals surface area contributed by atoms with Gasteiger partial charge in [-0.2, -0.15) is 9.78 Å². The number of hydrogen-bond donors (Lipinski definition) is 0. The van der Waals surface area contributed by atoms with Gasteiger partial charge in [-0.3, -0.25) is 4.79 Å². The zero-order valence-electron chi connectivity index (χ0n) is 20.9. The first-order valence-electron chi connectivity index (χ1n) is 11.7. The molecule has 0 saturated heterocycles. The van der Waals surface area contributed by atoms with Crippen molar-refractivity contribution in [3.05, 3.63) is 61.6 Å². The molecule has 0 N–H and O–H groups in total. The molecule has 0 amide bonds. The fourth-order valence-corrected chi connectivity index (χ4v) is 4.03. The van der Waals surface area contributed by atoms with Gasteiger partial charge >= 0.3 is 5.97 Å². The standard InChI is InChI=1S/C26H29BrClN3O5/c1-6-16(5)25-30-21-9-8-18(27)12-19(21)26(33)31(25)29-13-17-10-20(28)24(22(11-17)34-7-2)35-14-23(32)36-15(3)4/h8-13,15-16H,6-7,14H2,1-5H3/t16-/m1/s1. The van der Waals surface area contributed by atoms with Crippen LogP contribution in [-0.4, -0.2) is 41.2 Å². The average Bonchev–Trinajstić information content (AvgIpc) is 2.82. The monoisotopic (exact) mass is 577 g/mol. The second kappa shape index (κ2) is 12.4. The first-order valence-corrected chi connectivity index (χ1v) is 12.9. The van der Waals surface area contributed by atoms with Gasteiger partial charge in [0.05, 0.1) is 34.9 Å². The summed E-state index contributed by atoms with van der Waals surface area (Å²) in [5.74, 6) is 0.631. The topological polar surface area (TPSA) is 92.0 Å². The van der Waals surface area contributed by atoms with Crippen LogP contribution < -0.4 is 15.0 Å². The van der Waals surface area contributed by atoms with E-state index in [1.54, 1.807) is 32.0 Å². The molecule has 1 heterocycles. The third-order valence-electron chi connectivity index (χ3n) is 5.24. The van der Waals surface area contributed by atoms with Gasteiger partial charge in [-0.1, -0.05) is 41.4 Å². The molecule has 10 heteroatoms. The molecule has 0 aliphatic heterocycles. The molecule has 0 bridgehead atoms. The van der Waals surface area contributed by atoms with Crippen molar-refractivity contribution >= 4 is 50.6 Å². The first kappa shape index (κ1) is 27.7. The van der Waals surface area contributed by atoms with Crippen molar-refractivity contribution in [1.82, 2.24) is 9.66 Å². The molecule has 3 rings (SSSR count). The van der Waals surface area contributed by atoms with Gasteiger partial charge in [-0.25, -0.2) is 9.78 Å². The van der Waals surface area contributed by atoms with Gasteiger partial charge in [0.25, 0.3) is 5.56 Å². The van der Waals surface area contributed by atoms with E-state index in [-0.39, 0.29) is 35.0 Å². The lowest BCUT2D eigenvalue weighted by atomic mass is 10.1. The number of aromatic nitrogens is 2. The second-order valence-corrected chi connectivity index (χ2v) is 9.72. The van der Waals surface area contributed by atoms with Crippen molar-refractivity contribution < 1.29 is 19.0 Å². The Bertz CT molecular complexity index is 1340. The molecule has 192 valence electrons. The lowest BCUT2D eigenvalue weighted by Gasteiger charge is -2.15. The number of hydrogen-bond acceptors (Lipinski definition) is 7. The Morgan fingerprint density at radius 2 is 1.94 bits per heavy atom. The van der Waals surface area contributed by atoms with E-state index in [0.29, 0.717) is 34.6 Å². The summed E-state index contributed by atoms with van der Waals surface area (Å²) < 4.78 is 18.5. The minimum atomic E-state index is -0.512. The highest BCUT2D eigenvalue weighted by atomic mass is 79.9. The summed E-state index contributed by atoms with van der Waals surface area (Å²) in [6, 6.07) is 8.70. The highest BCUT2D eigenvalue weighted by molar-refractivity contribution is 9.10. The molecule has 1 atom stereocenters. The van der Waals surface area contributed by atoms with Crippen LogP contribution in [0.4, 0.5) is 0 Å². The van der Waals surface area contributed by atoms with Crippen LogP contribution in [0.3, 0.4) is 0 Å². The summed E-state index contributed by atoms with van der Waals surface area (Å²) in [7, 11) is 0. The Balaban J connectivity index is 2.01. The van der Waals surface area contributed by atoms with Crippen LogP contribution in [-0.2, 0) is 9.53 Å². The minimum Gasteiger partial charge on any atom is -0.490 e. The number of nitrogens with zero attached hydrogens (tertiary/aromatic N) is 3. The fraction of sp³-hybridized carbons (Fsp3) is 0.385. The summed E-state index contributed by atoms with van der Waals surface area (Å²) in [5.41, 5.74) is 0.925. The third-order valence-corrected chi connectivity index (χ3v) is 6.02. The number of carbonyl (C=O) groups is 1. The second-order valence-electron chi connectivity index (χ2n) is 8.39. The van der Waals surface area contributed by atoms with E-state index in [0.717, 1.165) is 10.9 Å². The summed E-state index contributed by atoms with van der Waals surface area (Å²) in [6.45, 7) is 9.41. The highest BCUT2D eigenvalue weighted by Gasteiger charge is 2.17.